The highest BCUT2D eigenvalue weighted by atomic mass is 16.6. The monoisotopic (exact) mass is 386 g/mol. The van der Waals surface area contributed by atoms with Crippen LogP contribution in [-0.4, -0.2) is 32.8 Å². The summed E-state index contributed by atoms with van der Waals surface area (Å²) in [6, 6.07) is 9.50. The Morgan fingerprint density at radius 1 is 0.793 bits per heavy atom. The van der Waals surface area contributed by atoms with E-state index in [0.29, 0.717) is 30.4 Å². The van der Waals surface area contributed by atoms with E-state index in [1.807, 2.05) is 40.9 Å². The van der Waals surface area contributed by atoms with Gasteiger partial charge in [-0.05, 0) is 30.3 Å². The molecule has 0 radical (unpaired) electrons. The van der Waals surface area contributed by atoms with Crippen LogP contribution in [0.5, 0.6) is 11.5 Å². The van der Waals surface area contributed by atoms with Gasteiger partial charge in [-0.3, -0.25) is 4.40 Å². The number of aromatic nitrogens is 4. The van der Waals surface area contributed by atoms with E-state index in [-0.39, 0.29) is 0 Å². The fourth-order valence-corrected chi connectivity index (χ4v) is 3.47. The summed E-state index contributed by atoms with van der Waals surface area (Å²) in [7, 11) is 0. The van der Waals surface area contributed by atoms with Crippen LogP contribution in [0.4, 0.5) is 0 Å². The molecular weight excluding hydrogens is 372 g/mol. The molecule has 1 aliphatic heterocycles. The first-order valence-corrected chi connectivity index (χ1v) is 9.08. The lowest BCUT2D eigenvalue weighted by Crippen LogP contribution is -2.15. The van der Waals surface area contributed by atoms with E-state index in [4.69, 9.17) is 18.3 Å². The number of hydrogen-bond donors (Lipinski definition) is 0. The number of ether oxygens (including phenoxy) is 2. The number of furan rings is 2. The van der Waals surface area contributed by atoms with Crippen molar-refractivity contribution in [2.45, 2.75) is 0 Å². The van der Waals surface area contributed by atoms with Gasteiger partial charge in [0.25, 0.3) is 5.78 Å². The van der Waals surface area contributed by atoms with Gasteiger partial charge < -0.3 is 18.3 Å². The highest BCUT2D eigenvalue weighted by Crippen LogP contribution is 2.36. The Morgan fingerprint density at radius 2 is 1.59 bits per heavy atom. The third-order valence-corrected chi connectivity index (χ3v) is 4.82. The average Bonchev–Trinajstić information content (AvgIpc) is 3.54. The van der Waals surface area contributed by atoms with E-state index in [1.165, 1.54) is 0 Å². The van der Waals surface area contributed by atoms with E-state index in [1.54, 1.807) is 25.1 Å². The van der Waals surface area contributed by atoms with Crippen molar-refractivity contribution in [2.75, 3.05) is 13.2 Å². The third kappa shape index (κ3) is 2.57. The van der Waals surface area contributed by atoms with E-state index in [0.717, 1.165) is 33.8 Å². The average molecular weight is 386 g/mol. The summed E-state index contributed by atoms with van der Waals surface area (Å²) in [4.78, 5) is 4.66. The molecule has 5 aromatic rings. The number of fused-ring (bicyclic) bond motifs is 2. The van der Waals surface area contributed by atoms with E-state index in [9.17, 15) is 0 Å². The van der Waals surface area contributed by atoms with Crippen molar-refractivity contribution in [1.29, 1.82) is 0 Å². The molecule has 0 amide bonds. The Kier molecular flexibility index (Phi) is 3.43. The number of rotatable bonds is 3. The molecule has 8 nitrogen and oxygen atoms in total. The van der Waals surface area contributed by atoms with Gasteiger partial charge in [0.15, 0.2) is 11.5 Å². The molecule has 1 aromatic carbocycles. The standard InChI is InChI=1S/C21H14N4O4/c1-2-17-18(29-8-7-28-17)9-13(1)16-10-25-20(15-4-6-27-12-15)19(14-3-5-26-11-14)23-24-21(25)22-16/h1-6,9-12H,7-8H2. The normalized spacial score (nSPS) is 13.1. The smallest absolute Gasteiger partial charge is 0.254 e. The lowest BCUT2D eigenvalue weighted by atomic mass is 10.1. The van der Waals surface area contributed by atoms with E-state index in [2.05, 4.69) is 15.2 Å². The fourth-order valence-electron chi connectivity index (χ4n) is 3.47. The van der Waals surface area contributed by atoms with Gasteiger partial charge >= 0.3 is 0 Å². The quantitative estimate of drug-likeness (QED) is 0.462. The predicted molar refractivity (Wildman–Crippen MR) is 103 cm³/mol. The Morgan fingerprint density at radius 3 is 2.38 bits per heavy atom. The minimum Gasteiger partial charge on any atom is -0.486 e. The van der Waals surface area contributed by atoms with Crippen molar-refractivity contribution in [3.8, 4) is 45.3 Å². The Balaban J connectivity index is 1.56. The maximum absolute atomic E-state index is 5.70. The molecule has 0 bridgehead atoms. The molecule has 0 N–H and O–H groups in total. The van der Waals surface area contributed by atoms with Crippen LogP contribution in [0, 0.1) is 0 Å². The minimum absolute atomic E-state index is 0.485. The highest BCUT2D eigenvalue weighted by molar-refractivity contribution is 5.79. The van der Waals surface area contributed by atoms with Crippen molar-refractivity contribution in [1.82, 2.24) is 19.6 Å². The zero-order valence-corrected chi connectivity index (χ0v) is 15.1. The fraction of sp³-hybridized carbons (Fsp3) is 0.0952. The second-order valence-electron chi connectivity index (χ2n) is 6.58. The Hall–Kier alpha value is -4.07. The Labute approximate surface area is 164 Å². The second-order valence-corrected chi connectivity index (χ2v) is 6.58. The first kappa shape index (κ1) is 15.9. The lowest BCUT2D eigenvalue weighted by Gasteiger charge is -2.18. The maximum atomic E-state index is 5.70. The number of hydrogen-bond acceptors (Lipinski definition) is 7. The summed E-state index contributed by atoms with van der Waals surface area (Å²) in [5.41, 5.74) is 4.85. The largest absolute Gasteiger partial charge is 0.486 e. The minimum atomic E-state index is 0.485. The van der Waals surface area contributed by atoms with Crippen LogP contribution >= 0.6 is 0 Å². The van der Waals surface area contributed by atoms with Crippen molar-refractivity contribution < 1.29 is 18.3 Å². The van der Waals surface area contributed by atoms with Gasteiger partial charge in [-0.15, -0.1) is 10.2 Å². The van der Waals surface area contributed by atoms with Gasteiger partial charge in [-0.1, -0.05) is 0 Å². The summed E-state index contributed by atoms with van der Waals surface area (Å²) in [6.07, 6.45) is 8.47. The zero-order valence-electron chi connectivity index (χ0n) is 15.1. The van der Waals surface area contributed by atoms with Gasteiger partial charge in [0.1, 0.15) is 18.9 Å². The van der Waals surface area contributed by atoms with Crippen LogP contribution in [0.1, 0.15) is 0 Å². The molecule has 0 saturated carbocycles. The van der Waals surface area contributed by atoms with Crippen molar-refractivity contribution in [3.63, 3.8) is 0 Å². The van der Waals surface area contributed by atoms with Crippen LogP contribution in [0.15, 0.2) is 70.4 Å². The topological polar surface area (TPSA) is 87.8 Å². The van der Waals surface area contributed by atoms with Gasteiger partial charge in [-0.25, -0.2) is 4.98 Å². The lowest BCUT2D eigenvalue weighted by molar-refractivity contribution is 0.171. The molecule has 0 unspecified atom stereocenters. The van der Waals surface area contributed by atoms with Gasteiger partial charge in [0.2, 0.25) is 0 Å². The maximum Gasteiger partial charge on any atom is 0.254 e. The van der Waals surface area contributed by atoms with Crippen molar-refractivity contribution in [2.24, 2.45) is 0 Å². The van der Waals surface area contributed by atoms with E-state index < -0.39 is 0 Å². The van der Waals surface area contributed by atoms with Crippen LogP contribution in [-0.2, 0) is 0 Å². The molecule has 5 heterocycles. The van der Waals surface area contributed by atoms with Crippen molar-refractivity contribution >= 4 is 5.78 Å². The molecule has 0 atom stereocenters. The van der Waals surface area contributed by atoms with Crippen molar-refractivity contribution in [3.05, 3.63) is 61.6 Å². The molecule has 0 spiro atoms. The molecule has 0 aliphatic carbocycles. The molecule has 29 heavy (non-hydrogen) atoms. The summed E-state index contributed by atoms with van der Waals surface area (Å²) in [5.74, 6) is 1.94. The molecule has 6 rings (SSSR count). The van der Waals surface area contributed by atoms with Crippen LogP contribution in [0.2, 0.25) is 0 Å². The van der Waals surface area contributed by atoms with Gasteiger partial charge in [0, 0.05) is 22.9 Å². The van der Waals surface area contributed by atoms with Gasteiger partial charge in [0.05, 0.1) is 36.4 Å². The SMILES string of the molecule is c1cc(-c2nnc3nc(-c4ccc5c(c4)OCCO5)cn3c2-c2ccoc2)co1. The summed E-state index contributed by atoms with van der Waals surface area (Å²) in [6.45, 7) is 1.09. The second kappa shape index (κ2) is 6.23. The van der Waals surface area contributed by atoms with Gasteiger partial charge in [-0.2, -0.15) is 0 Å². The van der Waals surface area contributed by atoms with Crippen LogP contribution in [0.3, 0.4) is 0 Å². The van der Waals surface area contributed by atoms with Crippen LogP contribution < -0.4 is 9.47 Å². The third-order valence-electron chi connectivity index (χ3n) is 4.82. The molecule has 0 saturated heterocycles. The predicted octanol–water partition coefficient (Wildman–Crippen LogP) is 4.08. The first-order valence-electron chi connectivity index (χ1n) is 9.08. The molecular formula is C21H14N4O4. The molecule has 1 aliphatic rings. The summed E-state index contributed by atoms with van der Waals surface area (Å²) in [5, 5.41) is 8.72. The number of nitrogens with zero attached hydrogens (tertiary/aromatic N) is 4. The molecule has 142 valence electrons. The number of imidazole rings is 1. The zero-order chi connectivity index (χ0) is 19.2. The Bertz CT molecular complexity index is 1310. The summed E-state index contributed by atoms with van der Waals surface area (Å²) < 4.78 is 23.8. The van der Waals surface area contributed by atoms with Crippen LogP contribution in [0.25, 0.3) is 39.5 Å². The number of benzene rings is 1. The molecule has 4 aromatic heterocycles. The molecule has 8 heteroatoms. The molecule has 0 fully saturated rings. The highest BCUT2D eigenvalue weighted by Gasteiger charge is 2.20. The first-order chi connectivity index (χ1) is 14.4. The summed E-state index contributed by atoms with van der Waals surface area (Å²) >= 11 is 0. The van der Waals surface area contributed by atoms with E-state index >= 15 is 0 Å².